The average Bonchev–Trinajstić information content (AvgIpc) is 2.74. The Hall–Kier alpha value is -1.59. The number of halogens is 2. The van der Waals surface area contributed by atoms with Crippen molar-refractivity contribution >= 4 is 17.7 Å². The molecule has 29 heavy (non-hydrogen) atoms. The van der Waals surface area contributed by atoms with Crippen molar-refractivity contribution in [3.05, 3.63) is 65.3 Å². The first-order valence-corrected chi connectivity index (χ1v) is 11.4. The van der Waals surface area contributed by atoms with Gasteiger partial charge in [0.15, 0.2) is 0 Å². The molecule has 0 aromatic heterocycles. The molecule has 1 aromatic rings. The van der Waals surface area contributed by atoms with Crippen LogP contribution in [0.2, 0.25) is 0 Å². The smallest absolute Gasteiger partial charge is 0.134 e. The van der Waals surface area contributed by atoms with E-state index in [1.165, 1.54) is 17.7 Å². The quantitative estimate of drug-likeness (QED) is 0.354. The standard InChI is InChI=1S/C22H27F2NOS.C2H6/c1-4-26-16(3)19-13-20(23)18(12-21(19)24)14-25-15(2)10-11-22(27-25)17-8-6-5-7-9-17;1-2/h6,8-9,12-13,15,22H,3-5,7,10-11,14H2,1-2H3;1-2H3/t15-,22?;/m0./s1. The minimum atomic E-state index is -0.492. The number of rotatable bonds is 6. The topological polar surface area (TPSA) is 12.5 Å². The molecular formula is C24H33F2NOS. The summed E-state index contributed by atoms with van der Waals surface area (Å²) in [7, 11) is 0. The van der Waals surface area contributed by atoms with E-state index in [1.54, 1.807) is 18.9 Å². The third-order valence-electron chi connectivity index (χ3n) is 5.08. The summed E-state index contributed by atoms with van der Waals surface area (Å²) in [5.41, 5.74) is 1.82. The van der Waals surface area contributed by atoms with E-state index in [0.717, 1.165) is 25.7 Å². The van der Waals surface area contributed by atoms with Crippen molar-refractivity contribution in [2.75, 3.05) is 6.61 Å². The maximum atomic E-state index is 14.6. The van der Waals surface area contributed by atoms with Gasteiger partial charge in [-0.25, -0.2) is 13.1 Å². The second-order valence-electron chi connectivity index (χ2n) is 7.06. The fraction of sp³-hybridized carbons (Fsp3) is 0.500. The summed E-state index contributed by atoms with van der Waals surface area (Å²) in [4.78, 5) is 0. The minimum absolute atomic E-state index is 0.0906. The fourth-order valence-electron chi connectivity index (χ4n) is 3.49. The van der Waals surface area contributed by atoms with Gasteiger partial charge < -0.3 is 4.74 Å². The van der Waals surface area contributed by atoms with Gasteiger partial charge in [0.2, 0.25) is 0 Å². The van der Waals surface area contributed by atoms with Gasteiger partial charge in [-0.2, -0.15) is 0 Å². The second kappa shape index (κ2) is 11.6. The molecule has 2 atom stereocenters. The van der Waals surface area contributed by atoms with Crippen LogP contribution in [0.1, 0.15) is 64.5 Å². The number of hydrogen-bond acceptors (Lipinski definition) is 3. The summed E-state index contributed by atoms with van der Waals surface area (Å²) in [5, 5.41) is 0.391. The molecule has 1 saturated heterocycles. The first-order valence-electron chi connectivity index (χ1n) is 10.6. The highest BCUT2D eigenvalue weighted by atomic mass is 32.2. The lowest BCUT2D eigenvalue weighted by atomic mass is 9.99. The van der Waals surface area contributed by atoms with Crippen LogP contribution in [0.15, 0.2) is 42.5 Å². The Morgan fingerprint density at radius 1 is 1.21 bits per heavy atom. The first kappa shape index (κ1) is 23.7. The Labute approximate surface area is 178 Å². The van der Waals surface area contributed by atoms with Gasteiger partial charge in [0.05, 0.1) is 12.2 Å². The van der Waals surface area contributed by atoms with Crippen LogP contribution in [0.4, 0.5) is 8.78 Å². The lowest BCUT2D eigenvalue weighted by Gasteiger charge is -2.37. The normalized spacial score (nSPS) is 21.8. The zero-order valence-electron chi connectivity index (χ0n) is 18.0. The van der Waals surface area contributed by atoms with E-state index in [1.807, 2.05) is 13.8 Å². The van der Waals surface area contributed by atoms with Crippen LogP contribution < -0.4 is 0 Å². The second-order valence-corrected chi connectivity index (χ2v) is 8.31. The molecule has 3 rings (SSSR count). The highest BCUT2D eigenvalue weighted by Gasteiger charge is 2.29. The molecule has 160 valence electrons. The SMILES string of the molecule is C=C(OCC)c1cc(F)c(CN2SC(C3=CCCC=C3)CC[C@@H]2C)cc1F.CC. The van der Waals surface area contributed by atoms with Crippen LogP contribution in [-0.4, -0.2) is 22.2 Å². The van der Waals surface area contributed by atoms with Crippen molar-refractivity contribution in [3.63, 3.8) is 0 Å². The molecule has 0 bridgehead atoms. The van der Waals surface area contributed by atoms with Crippen molar-refractivity contribution in [1.82, 2.24) is 4.31 Å². The van der Waals surface area contributed by atoms with Crippen molar-refractivity contribution in [2.24, 2.45) is 0 Å². The van der Waals surface area contributed by atoms with Gasteiger partial charge >= 0.3 is 0 Å². The van der Waals surface area contributed by atoms with Gasteiger partial charge in [-0.1, -0.05) is 50.6 Å². The van der Waals surface area contributed by atoms with E-state index in [2.05, 4.69) is 36.0 Å². The van der Waals surface area contributed by atoms with E-state index in [4.69, 9.17) is 4.74 Å². The Morgan fingerprint density at radius 3 is 2.62 bits per heavy atom. The largest absolute Gasteiger partial charge is 0.494 e. The molecule has 1 aliphatic carbocycles. The van der Waals surface area contributed by atoms with E-state index in [0.29, 0.717) is 30.0 Å². The molecule has 1 heterocycles. The Morgan fingerprint density at radius 2 is 1.97 bits per heavy atom. The van der Waals surface area contributed by atoms with Gasteiger partial charge in [-0.15, -0.1) is 0 Å². The number of allylic oxidation sites excluding steroid dienone is 3. The molecule has 2 aliphatic rings. The van der Waals surface area contributed by atoms with E-state index >= 15 is 0 Å². The number of ether oxygens (including phenoxy) is 1. The van der Waals surface area contributed by atoms with E-state index < -0.39 is 11.6 Å². The maximum absolute atomic E-state index is 14.6. The number of nitrogens with zero attached hydrogens (tertiary/aromatic N) is 1. The molecule has 0 spiro atoms. The van der Waals surface area contributed by atoms with E-state index in [-0.39, 0.29) is 11.3 Å². The molecule has 1 aromatic carbocycles. The van der Waals surface area contributed by atoms with Crippen LogP contribution in [0.3, 0.4) is 0 Å². The van der Waals surface area contributed by atoms with Crippen LogP contribution in [0.25, 0.3) is 5.76 Å². The summed E-state index contributed by atoms with van der Waals surface area (Å²) < 4.78 is 36.5. The van der Waals surface area contributed by atoms with Crippen LogP contribution >= 0.6 is 11.9 Å². The third-order valence-corrected chi connectivity index (χ3v) is 6.60. The lowest BCUT2D eigenvalue weighted by molar-refractivity contribution is 0.296. The maximum Gasteiger partial charge on any atom is 0.134 e. The van der Waals surface area contributed by atoms with Gasteiger partial charge in [-0.3, -0.25) is 0 Å². The van der Waals surface area contributed by atoms with Crippen LogP contribution in [-0.2, 0) is 11.3 Å². The zero-order valence-corrected chi connectivity index (χ0v) is 18.8. The zero-order chi connectivity index (χ0) is 21.4. The molecule has 0 amide bonds. The molecule has 1 unspecified atom stereocenters. The van der Waals surface area contributed by atoms with Gasteiger partial charge in [0.1, 0.15) is 17.4 Å². The molecule has 2 nitrogen and oxygen atoms in total. The molecule has 0 saturated carbocycles. The van der Waals surface area contributed by atoms with Crippen molar-refractivity contribution in [1.29, 1.82) is 0 Å². The fourth-order valence-corrected chi connectivity index (χ4v) is 4.88. The summed E-state index contributed by atoms with van der Waals surface area (Å²) in [6.45, 7) is 12.4. The Bertz CT molecular complexity index is 759. The molecular weight excluding hydrogens is 388 g/mol. The first-order chi connectivity index (χ1) is 14.0. The molecule has 1 fully saturated rings. The molecule has 1 aliphatic heterocycles. The monoisotopic (exact) mass is 421 g/mol. The average molecular weight is 422 g/mol. The Balaban J connectivity index is 0.00000145. The van der Waals surface area contributed by atoms with Gasteiger partial charge in [-0.05, 0) is 57.2 Å². The predicted octanol–water partition coefficient (Wildman–Crippen LogP) is 7.28. The van der Waals surface area contributed by atoms with Crippen molar-refractivity contribution in [2.45, 2.75) is 71.2 Å². The van der Waals surface area contributed by atoms with Gasteiger partial charge in [0, 0.05) is 23.4 Å². The predicted molar refractivity (Wildman–Crippen MR) is 120 cm³/mol. The summed E-state index contributed by atoms with van der Waals surface area (Å²) in [6.07, 6.45) is 11.1. The third kappa shape index (κ3) is 6.19. The summed E-state index contributed by atoms with van der Waals surface area (Å²) >= 11 is 1.76. The number of hydrogen-bond donors (Lipinski definition) is 0. The van der Waals surface area contributed by atoms with Crippen molar-refractivity contribution < 1.29 is 13.5 Å². The highest BCUT2D eigenvalue weighted by molar-refractivity contribution is 7.97. The molecule has 0 N–H and O–H groups in total. The molecule has 0 radical (unpaired) electrons. The van der Waals surface area contributed by atoms with E-state index in [9.17, 15) is 8.78 Å². The molecule has 5 heteroatoms. The highest BCUT2D eigenvalue weighted by Crippen LogP contribution is 2.38. The van der Waals surface area contributed by atoms with Crippen LogP contribution in [0.5, 0.6) is 0 Å². The van der Waals surface area contributed by atoms with Crippen LogP contribution in [0, 0.1) is 11.6 Å². The number of benzene rings is 1. The summed E-state index contributed by atoms with van der Waals surface area (Å²) in [5.74, 6) is -0.745. The summed E-state index contributed by atoms with van der Waals surface area (Å²) in [6, 6.07) is 2.80. The van der Waals surface area contributed by atoms with Gasteiger partial charge in [0.25, 0.3) is 0 Å². The van der Waals surface area contributed by atoms with Crippen molar-refractivity contribution in [3.8, 4) is 0 Å². The Kier molecular flexibility index (Phi) is 9.44. The lowest BCUT2D eigenvalue weighted by Crippen LogP contribution is -2.35. The minimum Gasteiger partial charge on any atom is -0.494 e.